The minimum Gasteiger partial charge on any atom is -0.326 e. The molecule has 0 fully saturated rings. The number of nitrogens with zero attached hydrogens (tertiary/aromatic N) is 2. The number of benzene rings is 2. The topological polar surface area (TPSA) is 95.5 Å². The number of amides is 2. The summed E-state index contributed by atoms with van der Waals surface area (Å²) in [4.78, 5) is 32.8. The van der Waals surface area contributed by atoms with Gasteiger partial charge in [0.2, 0.25) is 11.9 Å². The molecule has 0 aliphatic rings. The lowest BCUT2D eigenvalue weighted by atomic mass is 10.1. The van der Waals surface area contributed by atoms with E-state index in [1.54, 1.807) is 30.6 Å². The summed E-state index contributed by atoms with van der Waals surface area (Å²) in [5.74, 6) is -0.216. The highest BCUT2D eigenvalue weighted by Crippen LogP contribution is 2.17. The van der Waals surface area contributed by atoms with Gasteiger partial charge in [-0.15, -0.1) is 0 Å². The van der Waals surface area contributed by atoms with Crippen molar-refractivity contribution in [2.75, 3.05) is 10.6 Å². The van der Waals surface area contributed by atoms with Gasteiger partial charge in [0.1, 0.15) is 0 Å². The number of hydrogen-bond donors (Lipinski definition) is 3. The molecule has 3 aromatic rings. The summed E-state index contributed by atoms with van der Waals surface area (Å²) in [7, 11) is 0. The van der Waals surface area contributed by atoms with Crippen molar-refractivity contribution in [1.82, 2.24) is 10.3 Å². The van der Waals surface area contributed by atoms with E-state index < -0.39 is 0 Å². The zero-order chi connectivity index (χ0) is 21.3. The second-order valence-corrected chi connectivity index (χ2v) is 6.68. The molecule has 7 heteroatoms. The standard InChI is InChI=1S/C23H23N5O2/c1-16-10-11-19(13-21(16)26-17(2)29)22(30)28-23(27-20-8-4-3-5-9-20)25-15-18-7-6-12-24-14-18/h3-14H,15H2,1-2H3,(H,26,29)(H2,25,27,28,30). The summed E-state index contributed by atoms with van der Waals surface area (Å²) in [6, 6.07) is 18.3. The van der Waals surface area contributed by atoms with E-state index in [0.29, 0.717) is 23.8 Å². The van der Waals surface area contributed by atoms with E-state index in [2.05, 4.69) is 25.9 Å². The zero-order valence-corrected chi connectivity index (χ0v) is 16.8. The van der Waals surface area contributed by atoms with E-state index in [1.807, 2.05) is 49.4 Å². The van der Waals surface area contributed by atoms with Crippen LogP contribution in [0, 0.1) is 6.92 Å². The molecule has 0 aliphatic heterocycles. The van der Waals surface area contributed by atoms with Crippen molar-refractivity contribution in [3.63, 3.8) is 0 Å². The Labute approximate surface area is 175 Å². The number of aromatic nitrogens is 1. The van der Waals surface area contributed by atoms with Crippen LogP contribution in [-0.2, 0) is 11.3 Å². The quantitative estimate of drug-likeness (QED) is 0.448. The first-order chi connectivity index (χ1) is 14.5. The predicted octanol–water partition coefficient (Wildman–Crippen LogP) is 3.75. The van der Waals surface area contributed by atoms with Gasteiger partial charge in [0.15, 0.2) is 0 Å². The number of carbonyl (C=O) groups is 2. The van der Waals surface area contributed by atoms with Crippen molar-refractivity contribution in [3.8, 4) is 0 Å². The van der Waals surface area contributed by atoms with Crippen molar-refractivity contribution >= 4 is 29.1 Å². The van der Waals surface area contributed by atoms with E-state index in [1.165, 1.54) is 6.92 Å². The molecule has 0 saturated heterocycles. The van der Waals surface area contributed by atoms with Crippen LogP contribution in [0.15, 0.2) is 78.0 Å². The van der Waals surface area contributed by atoms with E-state index in [0.717, 1.165) is 16.8 Å². The third-order valence-corrected chi connectivity index (χ3v) is 4.22. The number of nitrogens with one attached hydrogen (secondary N) is 3. The van der Waals surface area contributed by atoms with Gasteiger partial charge in [0.05, 0.1) is 6.54 Å². The zero-order valence-electron chi connectivity index (χ0n) is 16.8. The first kappa shape index (κ1) is 20.7. The highest BCUT2D eigenvalue weighted by Gasteiger charge is 2.12. The number of para-hydroxylation sites is 1. The van der Waals surface area contributed by atoms with Gasteiger partial charge in [-0.25, -0.2) is 4.99 Å². The average Bonchev–Trinajstić information content (AvgIpc) is 2.74. The highest BCUT2D eigenvalue weighted by atomic mass is 16.2. The van der Waals surface area contributed by atoms with Crippen LogP contribution in [0.5, 0.6) is 0 Å². The maximum Gasteiger partial charge on any atom is 0.258 e. The minimum absolute atomic E-state index is 0.194. The Bertz CT molecular complexity index is 1050. The number of aryl methyl sites for hydroxylation is 1. The molecule has 0 atom stereocenters. The molecule has 2 amide bonds. The van der Waals surface area contributed by atoms with Crippen LogP contribution in [0.4, 0.5) is 11.4 Å². The molecule has 0 radical (unpaired) electrons. The van der Waals surface area contributed by atoms with Gasteiger partial charge in [-0.1, -0.05) is 30.3 Å². The number of rotatable bonds is 5. The monoisotopic (exact) mass is 401 g/mol. The first-order valence-corrected chi connectivity index (χ1v) is 9.46. The summed E-state index contributed by atoms with van der Waals surface area (Å²) in [6.45, 7) is 3.65. The Morgan fingerprint density at radius 3 is 2.50 bits per heavy atom. The molecular formula is C23H23N5O2. The molecule has 1 heterocycles. The Hall–Kier alpha value is -4.00. The van der Waals surface area contributed by atoms with Crippen molar-refractivity contribution in [2.45, 2.75) is 20.4 Å². The Morgan fingerprint density at radius 2 is 1.80 bits per heavy atom. The van der Waals surface area contributed by atoms with Gasteiger partial charge in [0, 0.05) is 36.3 Å². The molecule has 2 aromatic carbocycles. The van der Waals surface area contributed by atoms with Gasteiger partial charge in [-0.3, -0.25) is 19.9 Å². The van der Waals surface area contributed by atoms with Crippen LogP contribution in [0.3, 0.4) is 0 Å². The normalized spacial score (nSPS) is 10.9. The second-order valence-electron chi connectivity index (χ2n) is 6.68. The Balaban J connectivity index is 1.81. The molecule has 0 unspecified atom stereocenters. The fourth-order valence-electron chi connectivity index (χ4n) is 2.70. The Morgan fingerprint density at radius 1 is 1.00 bits per heavy atom. The van der Waals surface area contributed by atoms with Crippen LogP contribution in [0.2, 0.25) is 0 Å². The maximum atomic E-state index is 12.8. The molecule has 1 aromatic heterocycles. The number of anilines is 2. The third-order valence-electron chi connectivity index (χ3n) is 4.22. The predicted molar refractivity (Wildman–Crippen MR) is 118 cm³/mol. The van der Waals surface area contributed by atoms with Gasteiger partial charge in [-0.2, -0.15) is 0 Å². The summed E-state index contributed by atoms with van der Waals surface area (Å²) in [5.41, 5.74) is 3.59. The van der Waals surface area contributed by atoms with Crippen molar-refractivity contribution < 1.29 is 9.59 Å². The lowest BCUT2D eigenvalue weighted by Crippen LogP contribution is -2.36. The number of carbonyl (C=O) groups excluding carboxylic acids is 2. The summed E-state index contributed by atoms with van der Waals surface area (Å²) in [5, 5.41) is 8.69. The van der Waals surface area contributed by atoms with E-state index in [4.69, 9.17) is 0 Å². The molecule has 7 nitrogen and oxygen atoms in total. The fraction of sp³-hybridized carbons (Fsp3) is 0.130. The summed E-state index contributed by atoms with van der Waals surface area (Å²) < 4.78 is 0. The minimum atomic E-state index is -0.338. The molecule has 0 saturated carbocycles. The second kappa shape index (κ2) is 9.97. The summed E-state index contributed by atoms with van der Waals surface area (Å²) in [6.07, 6.45) is 3.42. The first-order valence-electron chi connectivity index (χ1n) is 9.46. The number of guanidine groups is 1. The molecule has 3 N–H and O–H groups in total. The highest BCUT2D eigenvalue weighted by molar-refractivity contribution is 6.10. The van der Waals surface area contributed by atoms with E-state index >= 15 is 0 Å². The van der Waals surface area contributed by atoms with E-state index in [9.17, 15) is 9.59 Å². The third kappa shape index (κ3) is 6.00. The van der Waals surface area contributed by atoms with Crippen LogP contribution < -0.4 is 16.0 Å². The van der Waals surface area contributed by atoms with Gasteiger partial charge in [0.25, 0.3) is 5.91 Å². The van der Waals surface area contributed by atoms with E-state index in [-0.39, 0.29) is 11.8 Å². The number of pyridine rings is 1. The molecule has 3 rings (SSSR count). The summed E-state index contributed by atoms with van der Waals surface area (Å²) >= 11 is 0. The van der Waals surface area contributed by atoms with Gasteiger partial charge < -0.3 is 10.6 Å². The van der Waals surface area contributed by atoms with Crippen molar-refractivity contribution in [1.29, 1.82) is 0 Å². The molecule has 0 bridgehead atoms. The maximum absolute atomic E-state index is 12.8. The smallest absolute Gasteiger partial charge is 0.258 e. The van der Waals surface area contributed by atoms with Crippen LogP contribution >= 0.6 is 0 Å². The van der Waals surface area contributed by atoms with Crippen molar-refractivity contribution in [3.05, 3.63) is 89.7 Å². The molecule has 0 aliphatic carbocycles. The van der Waals surface area contributed by atoms with Crippen molar-refractivity contribution in [2.24, 2.45) is 4.99 Å². The molecular weight excluding hydrogens is 378 g/mol. The SMILES string of the molecule is CC(=O)Nc1cc(C(=O)NC(=NCc2cccnc2)Nc2ccccc2)ccc1C. The van der Waals surface area contributed by atoms with Gasteiger partial charge in [-0.05, 0) is 48.4 Å². The van der Waals surface area contributed by atoms with Crippen LogP contribution in [0.25, 0.3) is 0 Å². The van der Waals surface area contributed by atoms with Gasteiger partial charge >= 0.3 is 0 Å². The Kier molecular flexibility index (Phi) is 6.89. The average molecular weight is 401 g/mol. The number of aliphatic imine (C=N–C) groups is 1. The fourth-order valence-corrected chi connectivity index (χ4v) is 2.70. The van der Waals surface area contributed by atoms with Crippen LogP contribution in [0.1, 0.15) is 28.4 Å². The largest absolute Gasteiger partial charge is 0.326 e. The lowest BCUT2D eigenvalue weighted by Gasteiger charge is -2.13. The van der Waals surface area contributed by atoms with Crippen LogP contribution in [-0.4, -0.2) is 22.8 Å². The molecule has 152 valence electrons. The number of hydrogen-bond acceptors (Lipinski definition) is 4. The molecule has 30 heavy (non-hydrogen) atoms. The molecule has 0 spiro atoms. The lowest BCUT2D eigenvalue weighted by molar-refractivity contribution is -0.114.